The lowest BCUT2D eigenvalue weighted by Crippen LogP contribution is -2.47. The summed E-state index contributed by atoms with van der Waals surface area (Å²) < 4.78 is 0. The molecular weight excluding hydrogens is 222 g/mol. The molecule has 3 heteroatoms. The first-order valence-electron chi connectivity index (χ1n) is 6.74. The highest BCUT2D eigenvalue weighted by Gasteiger charge is 2.24. The van der Waals surface area contributed by atoms with Gasteiger partial charge in [-0.15, -0.1) is 0 Å². The van der Waals surface area contributed by atoms with Crippen LogP contribution in [-0.4, -0.2) is 36.1 Å². The van der Waals surface area contributed by atoms with Gasteiger partial charge in [-0.25, -0.2) is 0 Å². The minimum atomic E-state index is 0.277. The van der Waals surface area contributed by atoms with Gasteiger partial charge in [0.05, 0.1) is 0 Å². The number of pyridine rings is 1. The van der Waals surface area contributed by atoms with Gasteiger partial charge in [-0.1, -0.05) is 33.8 Å². The lowest BCUT2D eigenvalue weighted by molar-refractivity contribution is 0.192. The van der Waals surface area contributed by atoms with Crippen LogP contribution in [0.5, 0.6) is 0 Å². The molecular formula is C15H27N3. The predicted octanol–water partition coefficient (Wildman–Crippen LogP) is 2.54. The fraction of sp³-hybridized carbons (Fsp3) is 0.667. The molecule has 18 heavy (non-hydrogen) atoms. The Hall–Kier alpha value is -0.930. The van der Waals surface area contributed by atoms with E-state index >= 15 is 0 Å². The lowest BCUT2D eigenvalue weighted by atomic mass is 9.86. The van der Waals surface area contributed by atoms with E-state index in [1.807, 2.05) is 18.5 Å². The monoisotopic (exact) mass is 249 g/mol. The van der Waals surface area contributed by atoms with Gasteiger partial charge in [-0.2, -0.15) is 0 Å². The molecule has 1 aromatic heterocycles. The van der Waals surface area contributed by atoms with Gasteiger partial charge in [0.25, 0.3) is 0 Å². The second-order valence-corrected chi connectivity index (χ2v) is 6.03. The molecule has 0 spiro atoms. The van der Waals surface area contributed by atoms with Crippen molar-refractivity contribution in [1.29, 1.82) is 0 Å². The van der Waals surface area contributed by atoms with Gasteiger partial charge in [-0.3, -0.25) is 4.98 Å². The molecule has 1 heterocycles. The molecule has 1 aromatic rings. The average Bonchev–Trinajstić information content (AvgIpc) is 2.28. The molecule has 0 saturated heterocycles. The quantitative estimate of drug-likeness (QED) is 0.840. The van der Waals surface area contributed by atoms with E-state index in [2.05, 4.69) is 56.0 Å². The Labute approximate surface area is 112 Å². The standard InChI is InChI=1S/C15H27N3/c1-6-17-14(15(2,3)4)12-18(5)11-13-8-7-9-16-10-13/h7-10,14,17H,6,11-12H2,1-5H3. The molecule has 1 atom stereocenters. The first kappa shape index (κ1) is 15.1. The molecule has 3 nitrogen and oxygen atoms in total. The SMILES string of the molecule is CCNC(CN(C)Cc1cccnc1)C(C)(C)C. The average molecular weight is 249 g/mol. The van der Waals surface area contributed by atoms with Crippen LogP contribution in [0.15, 0.2) is 24.5 Å². The van der Waals surface area contributed by atoms with Gasteiger partial charge < -0.3 is 10.2 Å². The van der Waals surface area contributed by atoms with Crippen LogP contribution >= 0.6 is 0 Å². The van der Waals surface area contributed by atoms with E-state index in [0.29, 0.717) is 6.04 Å². The highest BCUT2D eigenvalue weighted by atomic mass is 15.1. The number of nitrogens with zero attached hydrogens (tertiary/aromatic N) is 2. The first-order chi connectivity index (χ1) is 8.43. The number of nitrogens with one attached hydrogen (secondary N) is 1. The van der Waals surface area contributed by atoms with Crippen LogP contribution in [0.4, 0.5) is 0 Å². The Morgan fingerprint density at radius 3 is 2.61 bits per heavy atom. The Bertz CT molecular complexity index is 329. The van der Waals surface area contributed by atoms with Gasteiger partial charge in [0.1, 0.15) is 0 Å². The Morgan fingerprint density at radius 2 is 2.11 bits per heavy atom. The van der Waals surface area contributed by atoms with E-state index in [0.717, 1.165) is 19.6 Å². The highest BCUT2D eigenvalue weighted by Crippen LogP contribution is 2.20. The van der Waals surface area contributed by atoms with Crippen molar-refractivity contribution < 1.29 is 0 Å². The van der Waals surface area contributed by atoms with E-state index < -0.39 is 0 Å². The van der Waals surface area contributed by atoms with E-state index in [9.17, 15) is 0 Å². The zero-order valence-electron chi connectivity index (χ0n) is 12.4. The number of hydrogen-bond donors (Lipinski definition) is 1. The zero-order chi connectivity index (χ0) is 13.6. The van der Waals surface area contributed by atoms with Crippen LogP contribution in [0.2, 0.25) is 0 Å². The van der Waals surface area contributed by atoms with Crippen LogP contribution < -0.4 is 5.32 Å². The topological polar surface area (TPSA) is 28.2 Å². The Morgan fingerprint density at radius 1 is 1.39 bits per heavy atom. The number of aromatic nitrogens is 1. The molecule has 0 aliphatic rings. The second kappa shape index (κ2) is 6.86. The smallest absolute Gasteiger partial charge is 0.0312 e. The summed E-state index contributed by atoms with van der Waals surface area (Å²) in [6.45, 7) is 12.1. The highest BCUT2D eigenvalue weighted by molar-refractivity contribution is 5.08. The minimum Gasteiger partial charge on any atom is -0.312 e. The molecule has 1 rings (SSSR count). The van der Waals surface area contributed by atoms with Crippen molar-refractivity contribution in [2.45, 2.75) is 40.3 Å². The van der Waals surface area contributed by atoms with Gasteiger partial charge in [-0.05, 0) is 30.6 Å². The molecule has 102 valence electrons. The van der Waals surface area contributed by atoms with E-state index in [1.54, 1.807) is 0 Å². The summed E-state index contributed by atoms with van der Waals surface area (Å²) in [7, 11) is 2.17. The van der Waals surface area contributed by atoms with E-state index in [4.69, 9.17) is 0 Å². The Balaban J connectivity index is 2.54. The van der Waals surface area contributed by atoms with Gasteiger partial charge >= 0.3 is 0 Å². The van der Waals surface area contributed by atoms with Crippen LogP contribution in [0.3, 0.4) is 0 Å². The fourth-order valence-electron chi connectivity index (χ4n) is 2.07. The molecule has 0 radical (unpaired) electrons. The summed E-state index contributed by atoms with van der Waals surface area (Å²) in [6.07, 6.45) is 3.76. The number of hydrogen-bond acceptors (Lipinski definition) is 3. The zero-order valence-corrected chi connectivity index (χ0v) is 12.4. The second-order valence-electron chi connectivity index (χ2n) is 6.03. The van der Waals surface area contributed by atoms with Gasteiger partial charge in [0, 0.05) is 31.5 Å². The maximum Gasteiger partial charge on any atom is 0.0312 e. The molecule has 0 aromatic carbocycles. The summed E-state index contributed by atoms with van der Waals surface area (Å²) in [5.74, 6) is 0. The molecule has 0 bridgehead atoms. The van der Waals surface area contributed by atoms with Gasteiger partial charge in [0.15, 0.2) is 0 Å². The normalized spacial score (nSPS) is 13.9. The third kappa shape index (κ3) is 5.15. The van der Waals surface area contributed by atoms with Crippen molar-refractivity contribution in [3.05, 3.63) is 30.1 Å². The summed E-state index contributed by atoms with van der Waals surface area (Å²) in [5, 5.41) is 3.58. The summed E-state index contributed by atoms with van der Waals surface area (Å²) in [5.41, 5.74) is 1.54. The van der Waals surface area contributed by atoms with E-state index in [1.165, 1.54) is 5.56 Å². The fourth-order valence-corrected chi connectivity index (χ4v) is 2.07. The summed E-state index contributed by atoms with van der Waals surface area (Å²) in [4.78, 5) is 6.52. The molecule has 0 amide bonds. The van der Waals surface area contributed by atoms with Crippen LogP contribution in [0, 0.1) is 5.41 Å². The van der Waals surface area contributed by atoms with Crippen molar-refractivity contribution in [3.8, 4) is 0 Å². The summed E-state index contributed by atoms with van der Waals surface area (Å²) in [6, 6.07) is 4.63. The van der Waals surface area contributed by atoms with Crippen LogP contribution in [-0.2, 0) is 6.54 Å². The van der Waals surface area contributed by atoms with Crippen LogP contribution in [0.1, 0.15) is 33.3 Å². The van der Waals surface area contributed by atoms with Crippen LogP contribution in [0.25, 0.3) is 0 Å². The van der Waals surface area contributed by atoms with Crippen molar-refractivity contribution in [3.63, 3.8) is 0 Å². The Kier molecular flexibility index (Phi) is 5.76. The molecule has 0 aliphatic heterocycles. The van der Waals surface area contributed by atoms with Crippen molar-refractivity contribution in [1.82, 2.24) is 15.2 Å². The first-order valence-corrected chi connectivity index (χ1v) is 6.74. The molecule has 0 aliphatic carbocycles. The number of rotatable bonds is 6. The molecule has 1 unspecified atom stereocenters. The maximum atomic E-state index is 4.16. The lowest BCUT2D eigenvalue weighted by Gasteiger charge is -2.34. The van der Waals surface area contributed by atoms with Gasteiger partial charge in [0.2, 0.25) is 0 Å². The minimum absolute atomic E-state index is 0.277. The third-order valence-corrected chi connectivity index (χ3v) is 3.17. The molecule has 0 fully saturated rings. The number of likely N-dealkylation sites (N-methyl/N-ethyl adjacent to an activating group) is 2. The largest absolute Gasteiger partial charge is 0.312 e. The van der Waals surface area contributed by atoms with Crippen molar-refractivity contribution in [2.75, 3.05) is 20.1 Å². The summed E-state index contributed by atoms with van der Waals surface area (Å²) >= 11 is 0. The predicted molar refractivity (Wildman–Crippen MR) is 77.5 cm³/mol. The van der Waals surface area contributed by atoms with Crippen molar-refractivity contribution in [2.24, 2.45) is 5.41 Å². The molecule has 0 saturated carbocycles. The third-order valence-electron chi connectivity index (χ3n) is 3.17. The van der Waals surface area contributed by atoms with Crippen molar-refractivity contribution >= 4 is 0 Å². The molecule has 1 N–H and O–H groups in total. The maximum absolute atomic E-state index is 4.16. The van der Waals surface area contributed by atoms with E-state index in [-0.39, 0.29) is 5.41 Å².